The van der Waals surface area contributed by atoms with E-state index in [1.54, 1.807) is 6.08 Å². The lowest BCUT2D eigenvalue weighted by Gasteiger charge is -2.50. The quantitative estimate of drug-likeness (QED) is 0.0199. The minimum Gasteiger partial charge on any atom is -0.477 e. The maximum Gasteiger partial charge on any atom is 0.364 e. The fourth-order valence-electron chi connectivity index (χ4n) is 13.6. The van der Waals surface area contributed by atoms with Crippen LogP contribution >= 0.6 is 0 Å². The topological polar surface area (TPSA) is 373 Å². The molecule has 0 aromatic heterocycles. The monoisotopic (exact) mass is 1420 g/mol. The number of unbranched alkanes of at least 4 members (excludes halogenated alkanes) is 39. The average Bonchev–Trinajstić information content (AvgIpc) is 0.757. The van der Waals surface area contributed by atoms with E-state index in [4.69, 9.17) is 28.4 Å². The van der Waals surface area contributed by atoms with Crippen molar-refractivity contribution in [3.8, 4) is 0 Å². The molecule has 18 unspecified atom stereocenters. The van der Waals surface area contributed by atoms with E-state index in [1.807, 2.05) is 6.08 Å². The Morgan fingerprint density at radius 1 is 0.525 bits per heavy atom. The van der Waals surface area contributed by atoms with Crippen molar-refractivity contribution in [2.75, 3.05) is 26.4 Å². The van der Waals surface area contributed by atoms with Gasteiger partial charge in [-0.3, -0.25) is 9.59 Å². The number of aliphatic hydroxyl groups is 11. The number of hydrogen-bond acceptors (Lipinski definition) is 20. The molecule has 580 valence electrons. The first-order valence-corrected chi connectivity index (χ1v) is 39.2. The van der Waals surface area contributed by atoms with Gasteiger partial charge < -0.3 is 100 Å². The highest BCUT2D eigenvalue weighted by molar-refractivity contribution is 5.77. The van der Waals surface area contributed by atoms with Gasteiger partial charge in [-0.25, -0.2) is 4.79 Å². The van der Waals surface area contributed by atoms with Crippen LogP contribution in [-0.2, 0) is 42.8 Å². The summed E-state index contributed by atoms with van der Waals surface area (Å²) < 4.78 is 34.9. The van der Waals surface area contributed by atoms with Crippen LogP contribution in [-0.4, -0.2) is 215 Å². The Morgan fingerprint density at radius 2 is 0.949 bits per heavy atom. The minimum atomic E-state index is -3.08. The van der Waals surface area contributed by atoms with Crippen molar-refractivity contribution in [2.24, 2.45) is 0 Å². The summed E-state index contributed by atoms with van der Waals surface area (Å²) in [5.74, 6) is -6.14. The third-order valence-electron chi connectivity index (χ3n) is 19.9. The molecule has 3 saturated heterocycles. The Hall–Kier alpha value is -2.79. The van der Waals surface area contributed by atoms with Crippen molar-refractivity contribution < 1.29 is 104 Å². The van der Waals surface area contributed by atoms with Crippen molar-refractivity contribution in [3.63, 3.8) is 0 Å². The van der Waals surface area contributed by atoms with E-state index < -0.39 is 155 Å². The molecule has 23 heteroatoms. The average molecular weight is 1420 g/mol. The fraction of sp³-hybridized carbons (Fsp3) is 0.908. The van der Waals surface area contributed by atoms with E-state index in [2.05, 4.69) is 36.6 Å². The fourth-order valence-corrected chi connectivity index (χ4v) is 13.6. The van der Waals surface area contributed by atoms with Crippen molar-refractivity contribution in [2.45, 2.75) is 413 Å². The molecule has 99 heavy (non-hydrogen) atoms. The van der Waals surface area contributed by atoms with Crippen LogP contribution in [0.15, 0.2) is 24.3 Å². The second-order valence-corrected chi connectivity index (χ2v) is 28.6. The summed E-state index contributed by atoms with van der Waals surface area (Å²) >= 11 is 0. The molecule has 3 heterocycles. The lowest BCUT2D eigenvalue weighted by molar-refractivity contribution is -0.386. The summed E-state index contributed by atoms with van der Waals surface area (Å²) in [6.45, 7) is 2.17. The molecule has 2 amide bonds. The maximum absolute atomic E-state index is 13.5. The van der Waals surface area contributed by atoms with Gasteiger partial charge in [0.05, 0.1) is 50.7 Å². The Kier molecular flexibility index (Phi) is 50.8. The molecule has 23 nitrogen and oxygen atoms in total. The number of rotatable bonds is 61. The molecule has 3 aliphatic rings. The van der Waals surface area contributed by atoms with Gasteiger partial charge in [0, 0.05) is 19.8 Å². The van der Waals surface area contributed by atoms with E-state index in [0.29, 0.717) is 12.8 Å². The van der Waals surface area contributed by atoms with Crippen LogP contribution in [0.5, 0.6) is 0 Å². The van der Waals surface area contributed by atoms with Gasteiger partial charge in [-0.05, 0) is 44.9 Å². The predicted molar refractivity (Wildman–Crippen MR) is 380 cm³/mol. The number of nitrogens with one attached hydrogen (secondary N) is 2. The number of carboxylic acids is 1. The summed E-state index contributed by atoms with van der Waals surface area (Å²) in [5, 5.41) is 136. The Morgan fingerprint density at radius 3 is 1.37 bits per heavy atom. The smallest absolute Gasteiger partial charge is 0.364 e. The third kappa shape index (κ3) is 36.7. The van der Waals surface area contributed by atoms with Crippen LogP contribution in [0.1, 0.15) is 303 Å². The second kappa shape index (κ2) is 55.7. The van der Waals surface area contributed by atoms with E-state index in [1.165, 1.54) is 186 Å². The first kappa shape index (κ1) is 90.4. The van der Waals surface area contributed by atoms with Gasteiger partial charge in [-0.15, -0.1) is 0 Å². The number of ether oxygens (including phenoxy) is 6. The van der Waals surface area contributed by atoms with E-state index in [-0.39, 0.29) is 12.3 Å². The molecular formula is C76H140N2O21. The minimum absolute atomic E-state index is 0.196. The number of aliphatic carboxylic acids is 1. The van der Waals surface area contributed by atoms with Gasteiger partial charge >= 0.3 is 5.97 Å². The van der Waals surface area contributed by atoms with Crippen molar-refractivity contribution in [1.29, 1.82) is 0 Å². The molecule has 3 rings (SSSR count). The molecule has 3 aliphatic heterocycles. The predicted octanol–water partition coefficient (Wildman–Crippen LogP) is 9.57. The lowest BCUT2D eigenvalue weighted by atomic mass is 9.88. The number of carboxylic acid groups (broad SMARTS) is 1. The zero-order valence-corrected chi connectivity index (χ0v) is 61.1. The number of carbonyl (C=O) groups is 3. The second-order valence-electron chi connectivity index (χ2n) is 28.6. The number of amides is 2. The molecule has 0 bridgehead atoms. The molecule has 3 fully saturated rings. The van der Waals surface area contributed by atoms with Gasteiger partial charge in [0.25, 0.3) is 5.79 Å². The van der Waals surface area contributed by atoms with E-state index in [0.717, 1.165) is 77.6 Å². The standard InChI is InChI=1S/C76H140N2O21/c1-4-6-8-10-12-14-16-18-20-22-24-26-27-28-29-30-31-33-35-37-39-41-43-45-47-49-58(83)57(78-63(86)50-48-46-44-42-40-38-36-34-32-25-23-21-19-17-15-13-11-9-7-5-2)55-94-73-68(90)67(89)70(62(54-81)96-73)97-74-69(91)72(66(88)61(53-80)95-74)99-76(75(92)93)51-59(84)64(77-56(3)82)71(98-76)65(87)60(85)52-79/h25,32,47,49,57-62,64-74,79-81,83-85,87-91H,4-24,26-31,33-46,48,50-55H2,1-3H3,(H,77,82)(H,78,86)(H,92,93)/b32-25-,49-47+. The first-order chi connectivity index (χ1) is 47.9. The summed E-state index contributed by atoms with van der Waals surface area (Å²) in [7, 11) is 0. The summed E-state index contributed by atoms with van der Waals surface area (Å²) in [6.07, 6.45) is 30.7. The largest absolute Gasteiger partial charge is 0.477 e. The van der Waals surface area contributed by atoms with Crippen LogP contribution in [0.25, 0.3) is 0 Å². The van der Waals surface area contributed by atoms with Gasteiger partial charge in [0.2, 0.25) is 11.8 Å². The summed E-state index contributed by atoms with van der Waals surface area (Å²) in [5.41, 5.74) is 0. The van der Waals surface area contributed by atoms with Crippen LogP contribution < -0.4 is 10.6 Å². The van der Waals surface area contributed by atoms with Crippen LogP contribution in [0.4, 0.5) is 0 Å². The Bertz CT molecular complexity index is 2080. The SMILES string of the molecule is CCCCCCCCCCC/C=C\CCCCCCCCCC(=O)NC(COC1OC(CO)C(OC2OC(CO)C(O)C(OC3(C(=O)O)CC(O)C(NC(C)=O)C(C(O)C(O)CO)O3)C2O)C(O)C1O)C(O)/C=C/CCCCCCCCCCCCCCCCCCCCCCCCC. The molecule has 0 spiro atoms. The number of hydrogen-bond donors (Lipinski definition) is 14. The van der Waals surface area contributed by atoms with Crippen LogP contribution in [0.2, 0.25) is 0 Å². The molecule has 18 atom stereocenters. The molecule has 0 aromatic rings. The molecule has 0 radical (unpaired) electrons. The summed E-state index contributed by atoms with van der Waals surface area (Å²) in [4.78, 5) is 38.6. The van der Waals surface area contributed by atoms with Crippen LogP contribution in [0, 0.1) is 0 Å². The lowest BCUT2D eigenvalue weighted by Crippen LogP contribution is -2.70. The Balaban J connectivity index is 1.55. The normalized spacial score (nSPS) is 27.2. The van der Waals surface area contributed by atoms with Crippen molar-refractivity contribution >= 4 is 17.8 Å². The zero-order chi connectivity index (χ0) is 72.5. The first-order valence-electron chi connectivity index (χ1n) is 39.2. The molecule has 0 aromatic carbocycles. The highest BCUT2D eigenvalue weighted by Crippen LogP contribution is 2.39. The number of aliphatic hydroxyl groups excluding tert-OH is 11. The highest BCUT2D eigenvalue weighted by Gasteiger charge is 2.60. The Labute approximate surface area is 594 Å². The molecular weight excluding hydrogens is 1280 g/mol. The van der Waals surface area contributed by atoms with E-state index >= 15 is 0 Å². The highest BCUT2D eigenvalue weighted by atomic mass is 16.8. The van der Waals surface area contributed by atoms with Crippen molar-refractivity contribution in [3.05, 3.63) is 24.3 Å². The molecule has 0 aliphatic carbocycles. The summed E-state index contributed by atoms with van der Waals surface area (Å²) in [6, 6.07) is -2.62. The van der Waals surface area contributed by atoms with Gasteiger partial charge in [0.15, 0.2) is 12.6 Å². The maximum atomic E-state index is 13.5. The van der Waals surface area contributed by atoms with Gasteiger partial charge in [-0.2, -0.15) is 0 Å². The van der Waals surface area contributed by atoms with Crippen LogP contribution in [0.3, 0.4) is 0 Å². The van der Waals surface area contributed by atoms with E-state index in [9.17, 15) is 75.7 Å². The number of allylic oxidation sites excluding steroid dienone is 3. The van der Waals surface area contributed by atoms with Gasteiger partial charge in [0.1, 0.15) is 67.1 Å². The zero-order valence-electron chi connectivity index (χ0n) is 61.1. The number of carbonyl (C=O) groups excluding carboxylic acids is 2. The van der Waals surface area contributed by atoms with Gasteiger partial charge in [-0.1, -0.05) is 263 Å². The molecule has 0 saturated carbocycles. The molecule has 14 N–H and O–H groups in total. The van der Waals surface area contributed by atoms with Crippen molar-refractivity contribution in [1.82, 2.24) is 10.6 Å². The third-order valence-corrected chi connectivity index (χ3v) is 19.9.